The van der Waals surface area contributed by atoms with Crippen LogP contribution >= 0.6 is 8.60 Å². The lowest BCUT2D eigenvalue weighted by molar-refractivity contribution is -0.627. The van der Waals surface area contributed by atoms with Crippen LogP contribution in [-0.2, 0) is 18.5 Å². The van der Waals surface area contributed by atoms with Gasteiger partial charge in [-0.25, -0.2) is 0 Å². The molecule has 0 amide bonds. The van der Waals surface area contributed by atoms with Crippen molar-refractivity contribution in [2.24, 2.45) is 0 Å². The molecule has 6 nitrogen and oxygen atoms in total. The van der Waals surface area contributed by atoms with E-state index in [1.165, 1.54) is 167 Å². The predicted octanol–water partition coefficient (Wildman–Crippen LogP) is 13.2. The highest BCUT2D eigenvalue weighted by atomic mass is 31.2. The number of methoxy groups -OCH3 is 1. The third-order valence-corrected chi connectivity index (χ3v) is 9.52. The number of hydrogen-bond acceptors (Lipinski definition) is 5. The van der Waals surface area contributed by atoms with Crippen molar-refractivity contribution >= 4 is 8.60 Å². The van der Waals surface area contributed by atoms with E-state index in [9.17, 15) is 4.89 Å². The Morgan fingerprint density at radius 1 is 0.510 bits per heavy atom. The van der Waals surface area contributed by atoms with Gasteiger partial charge >= 0.3 is 8.60 Å². The number of quaternary nitrogens is 1. The summed E-state index contributed by atoms with van der Waals surface area (Å²) in [6.45, 7) is 14.0. The molecule has 0 heterocycles. The van der Waals surface area contributed by atoms with E-state index in [4.69, 9.17) is 18.5 Å². The molecule has 0 spiro atoms. The molecule has 0 saturated carbocycles. The predicted molar refractivity (Wildman–Crippen MR) is 227 cm³/mol. The van der Waals surface area contributed by atoms with Crippen LogP contribution in [0.1, 0.15) is 208 Å². The molecule has 308 valence electrons. The lowest BCUT2D eigenvalue weighted by Gasteiger charge is -2.17. The molecule has 0 aromatic carbocycles. The molecule has 2 atom stereocenters. The quantitative estimate of drug-likeness (QED) is 0.0374. The smallest absolute Gasteiger partial charge is 0.330 e. The van der Waals surface area contributed by atoms with E-state index in [2.05, 4.69) is 58.9 Å². The maximum atomic E-state index is 9.65. The summed E-state index contributed by atoms with van der Waals surface area (Å²) in [7, 11) is 1.76. The van der Waals surface area contributed by atoms with Crippen LogP contribution in [0.2, 0.25) is 0 Å². The summed E-state index contributed by atoms with van der Waals surface area (Å²) in [4.78, 5) is 9.65. The Morgan fingerprint density at radius 3 is 1.35 bits per heavy atom. The normalized spacial score (nSPS) is 12.5. The third-order valence-electron chi connectivity index (χ3n) is 8.75. The van der Waals surface area contributed by atoms with E-state index in [0.29, 0.717) is 13.2 Å². The highest BCUT2D eigenvalue weighted by Gasteiger charge is 2.13. The van der Waals surface area contributed by atoms with Crippen molar-refractivity contribution in [3.63, 3.8) is 0 Å². The van der Waals surface area contributed by atoms with Crippen molar-refractivity contribution in [1.82, 2.24) is 0 Å². The Kier molecular flexibility index (Phi) is 58.3. The molecule has 0 radical (unpaired) electrons. The highest BCUT2D eigenvalue weighted by Crippen LogP contribution is 2.32. The molecule has 51 heavy (non-hydrogen) atoms. The van der Waals surface area contributed by atoms with Crippen LogP contribution in [0.3, 0.4) is 0 Å². The van der Waals surface area contributed by atoms with Gasteiger partial charge in [0, 0.05) is 13.7 Å². The summed E-state index contributed by atoms with van der Waals surface area (Å²) < 4.78 is 21.5. The minimum absolute atomic E-state index is 0.178. The largest absolute Gasteiger partial charge is 0.379 e. The molecule has 0 aliphatic carbocycles. The van der Waals surface area contributed by atoms with Crippen molar-refractivity contribution in [2.75, 3.05) is 47.1 Å². The van der Waals surface area contributed by atoms with E-state index in [-0.39, 0.29) is 12.7 Å². The molecule has 3 N–H and O–H groups in total. The van der Waals surface area contributed by atoms with Gasteiger partial charge in [-0.2, -0.15) is 0 Å². The number of ether oxygens (including phenoxy) is 2. The van der Waals surface area contributed by atoms with Crippen LogP contribution in [0.5, 0.6) is 0 Å². The monoisotopic (exact) mass is 747 g/mol. The molecule has 0 aliphatic rings. The second kappa shape index (κ2) is 54.0. The minimum atomic E-state index is -1.83. The molecule has 0 bridgehead atoms. The Bertz CT molecular complexity index is 633. The molecule has 0 aliphatic heterocycles. The summed E-state index contributed by atoms with van der Waals surface area (Å²) in [5, 5.41) is 1.99. The summed E-state index contributed by atoms with van der Waals surface area (Å²) >= 11 is 0. The van der Waals surface area contributed by atoms with Gasteiger partial charge in [-0.3, -0.25) is 0 Å². The van der Waals surface area contributed by atoms with Gasteiger partial charge in [0.05, 0.1) is 26.8 Å². The zero-order valence-corrected chi connectivity index (χ0v) is 36.5. The lowest BCUT2D eigenvalue weighted by Crippen LogP contribution is -2.80. The van der Waals surface area contributed by atoms with Gasteiger partial charge in [0.2, 0.25) is 0 Å². The second-order valence-corrected chi connectivity index (χ2v) is 14.9. The van der Waals surface area contributed by atoms with Crippen LogP contribution < -0.4 is 5.32 Å². The van der Waals surface area contributed by atoms with Crippen LogP contribution in [0.4, 0.5) is 0 Å². The lowest BCUT2D eigenvalue weighted by atomic mass is 10.1. The van der Waals surface area contributed by atoms with Gasteiger partial charge < -0.3 is 28.7 Å². The Labute approximate surface area is 322 Å². The summed E-state index contributed by atoms with van der Waals surface area (Å²) in [5.74, 6) is 0. The molecule has 0 saturated heterocycles. The summed E-state index contributed by atoms with van der Waals surface area (Å²) in [6.07, 6.45) is 45.5. The highest BCUT2D eigenvalue weighted by molar-refractivity contribution is 7.40. The van der Waals surface area contributed by atoms with E-state index in [1.807, 2.05) is 12.4 Å². The maximum absolute atomic E-state index is 9.65. The average molecular weight is 747 g/mol. The molecular weight excluding hydrogens is 653 g/mol. The van der Waals surface area contributed by atoms with Crippen molar-refractivity contribution in [2.45, 2.75) is 214 Å². The molecule has 0 aromatic heterocycles. The summed E-state index contributed by atoms with van der Waals surface area (Å²) in [6, 6.07) is 0. The van der Waals surface area contributed by atoms with Crippen LogP contribution in [0, 0.1) is 0 Å². The van der Waals surface area contributed by atoms with Gasteiger partial charge in [0.1, 0.15) is 12.7 Å². The zero-order chi connectivity index (χ0) is 38.1. The topological polar surface area (TPSA) is 73.8 Å². The molecule has 0 aromatic rings. The van der Waals surface area contributed by atoms with Crippen LogP contribution in [0.15, 0.2) is 24.3 Å². The first kappa shape index (κ1) is 55.0. The maximum Gasteiger partial charge on any atom is 0.330 e. The number of nitrogens with two attached hydrogens (primary N) is 1. The van der Waals surface area contributed by atoms with Crippen LogP contribution in [0.25, 0.3) is 0 Å². The van der Waals surface area contributed by atoms with Gasteiger partial charge in [0.15, 0.2) is 0 Å². The minimum Gasteiger partial charge on any atom is -0.379 e. The zero-order valence-electron chi connectivity index (χ0n) is 35.6. The van der Waals surface area contributed by atoms with Crippen molar-refractivity contribution in [1.29, 1.82) is 0 Å². The summed E-state index contributed by atoms with van der Waals surface area (Å²) in [5.41, 5.74) is 0. The molecule has 0 rings (SSSR count). The number of unbranched alkanes of at least 4 members (excludes halogenated alkanes) is 22. The van der Waals surface area contributed by atoms with Crippen molar-refractivity contribution in [3.05, 3.63) is 24.3 Å². The van der Waals surface area contributed by atoms with E-state index in [0.717, 1.165) is 19.6 Å². The molecule has 2 unspecified atom stereocenters. The number of hydrogen-bond donors (Lipinski definition) is 2. The van der Waals surface area contributed by atoms with E-state index >= 15 is 0 Å². The molecule has 7 heteroatoms. The van der Waals surface area contributed by atoms with Crippen molar-refractivity contribution < 1.29 is 28.7 Å². The standard InChI is InChI=1S/C25H52NO5P.C12H24.C7H16/c1-4-5-6-7-8-9-10-11-12-13-14-15-16-17-18-19-21-29-23-25(28-3)24-31-32(27)30-22-20-26-2;1-3-5-7-9-11-12-10-8-6-4-2;1-3-5-7-6-4-2/h11-12,25-27H,4-10,13-24H2,1-3H3;5,7H,3-4,6,8-12H2,1-2H3;3-7H2,1-2H3/p+1/b12-11-;7-5-;. The van der Waals surface area contributed by atoms with Gasteiger partial charge in [-0.15, -0.1) is 0 Å². The van der Waals surface area contributed by atoms with Crippen molar-refractivity contribution in [3.8, 4) is 0 Å². The first-order valence-corrected chi connectivity index (χ1v) is 23.1. The Morgan fingerprint density at radius 2 is 0.922 bits per heavy atom. The van der Waals surface area contributed by atoms with Gasteiger partial charge in [0.25, 0.3) is 0 Å². The third kappa shape index (κ3) is 56.6. The molecular formula is C44H93NO5P+. The average Bonchev–Trinajstić information content (AvgIpc) is 3.14. The first-order valence-electron chi connectivity index (χ1n) is 22.0. The van der Waals surface area contributed by atoms with Gasteiger partial charge in [-0.05, 0) is 51.4 Å². The fourth-order valence-electron chi connectivity index (χ4n) is 5.29. The van der Waals surface area contributed by atoms with Crippen LogP contribution in [-0.4, -0.2) is 58.1 Å². The van der Waals surface area contributed by atoms with E-state index in [1.54, 1.807) is 7.11 Å². The SMILES string of the molecule is CC/C=C\CCCCCCCC.CCCCCCC.CCCCCCCC/C=C\CCCCCCCCOCC(COP(O)OCC[NH2+]C)OC. The number of allylic oxidation sites excluding steroid dienone is 4. The number of likely N-dealkylation sites (N-methyl/N-ethyl adjacent to an activating group) is 1. The fraction of sp³-hybridized carbons (Fsp3) is 0.909. The second-order valence-electron chi connectivity index (χ2n) is 13.9. The fourth-order valence-corrected chi connectivity index (χ4v) is 5.92. The number of rotatable bonds is 38. The Hall–Kier alpha value is -0.330. The Balaban J connectivity index is -0.000000984. The first-order chi connectivity index (χ1) is 25.1. The van der Waals surface area contributed by atoms with E-state index < -0.39 is 8.60 Å². The van der Waals surface area contributed by atoms with Gasteiger partial charge in [-0.1, -0.05) is 181 Å². The molecule has 0 fully saturated rings.